The molecule has 0 aliphatic heterocycles. The van der Waals surface area contributed by atoms with Crippen LogP contribution in [0.5, 0.6) is 0 Å². The number of rotatable bonds is 6. The van der Waals surface area contributed by atoms with Crippen molar-refractivity contribution in [1.29, 1.82) is 0 Å². The van der Waals surface area contributed by atoms with E-state index in [2.05, 4.69) is 10.1 Å². The van der Waals surface area contributed by atoms with Crippen molar-refractivity contribution >= 4 is 5.91 Å². The third kappa shape index (κ3) is 6.14. The van der Waals surface area contributed by atoms with E-state index in [0.29, 0.717) is 5.56 Å². The van der Waals surface area contributed by atoms with Crippen LogP contribution in [0.15, 0.2) is 30.3 Å². The first-order valence-electron chi connectivity index (χ1n) is 6.36. The Bertz CT molecular complexity index is 460. The van der Waals surface area contributed by atoms with Crippen molar-refractivity contribution in [3.63, 3.8) is 0 Å². The number of alkyl halides is 3. The second-order valence-electron chi connectivity index (χ2n) is 4.93. The van der Waals surface area contributed by atoms with Crippen molar-refractivity contribution < 1.29 is 27.8 Å². The minimum atomic E-state index is -4.48. The fraction of sp³-hybridized carbons (Fsp3) is 0.500. The molecule has 0 fully saturated rings. The summed E-state index contributed by atoms with van der Waals surface area (Å²) in [5, 5.41) is 12.6. The molecular formula is C14H18F3NO3. The highest BCUT2D eigenvalue weighted by Crippen LogP contribution is 2.19. The van der Waals surface area contributed by atoms with Gasteiger partial charge >= 0.3 is 6.18 Å². The van der Waals surface area contributed by atoms with Crippen molar-refractivity contribution in [2.75, 3.05) is 13.2 Å². The van der Waals surface area contributed by atoms with Crippen LogP contribution in [-0.4, -0.2) is 36.4 Å². The lowest BCUT2D eigenvalue weighted by Gasteiger charge is -2.25. The van der Waals surface area contributed by atoms with Crippen LogP contribution in [0.1, 0.15) is 19.4 Å². The van der Waals surface area contributed by atoms with Crippen LogP contribution in [0.3, 0.4) is 0 Å². The van der Waals surface area contributed by atoms with E-state index in [4.69, 9.17) is 0 Å². The molecule has 0 heterocycles. The highest BCUT2D eigenvalue weighted by atomic mass is 19.4. The Labute approximate surface area is 120 Å². The van der Waals surface area contributed by atoms with Crippen LogP contribution in [0.2, 0.25) is 0 Å². The minimum Gasteiger partial charge on any atom is -0.384 e. The molecule has 0 bridgehead atoms. The molecule has 21 heavy (non-hydrogen) atoms. The van der Waals surface area contributed by atoms with E-state index < -0.39 is 30.4 Å². The number of hydrogen-bond acceptors (Lipinski definition) is 3. The fourth-order valence-corrected chi connectivity index (χ4v) is 1.60. The number of carbonyl (C=O) groups is 1. The first-order valence-corrected chi connectivity index (χ1v) is 6.36. The predicted octanol–water partition coefficient (Wildman–Crippen LogP) is 1.98. The first-order chi connectivity index (χ1) is 9.62. The smallest absolute Gasteiger partial charge is 0.384 e. The monoisotopic (exact) mass is 305 g/mol. The van der Waals surface area contributed by atoms with Gasteiger partial charge in [0.2, 0.25) is 5.91 Å². The molecule has 0 saturated heterocycles. The highest BCUT2D eigenvalue weighted by Gasteiger charge is 2.30. The third-order valence-electron chi connectivity index (χ3n) is 2.87. The molecule has 1 rings (SSSR count). The fourth-order valence-electron chi connectivity index (χ4n) is 1.60. The van der Waals surface area contributed by atoms with E-state index in [1.54, 1.807) is 30.3 Å². The van der Waals surface area contributed by atoms with Crippen LogP contribution in [0, 0.1) is 0 Å². The number of ether oxygens (including phenoxy) is 1. The number of amides is 1. The largest absolute Gasteiger partial charge is 0.411 e. The van der Waals surface area contributed by atoms with E-state index >= 15 is 0 Å². The van der Waals surface area contributed by atoms with Gasteiger partial charge in [-0.25, -0.2) is 0 Å². The zero-order valence-electron chi connectivity index (χ0n) is 11.8. The molecule has 1 aromatic carbocycles. The standard InChI is InChI=1S/C14H18F3NO3/c1-10(21-9-14(15,16)17)12(19)18-8-13(2,20)11-6-4-3-5-7-11/h3-7,10,20H,8-9H2,1-2H3,(H,18,19). The SMILES string of the molecule is CC(OCC(F)(F)F)C(=O)NCC(C)(O)c1ccccc1. The summed E-state index contributed by atoms with van der Waals surface area (Å²) in [5.74, 6) is -0.713. The third-order valence-corrected chi connectivity index (χ3v) is 2.87. The zero-order valence-corrected chi connectivity index (χ0v) is 11.8. The van der Waals surface area contributed by atoms with Crippen LogP contribution in [0.25, 0.3) is 0 Å². The van der Waals surface area contributed by atoms with E-state index in [0.717, 1.165) is 0 Å². The van der Waals surface area contributed by atoms with Crippen LogP contribution < -0.4 is 5.32 Å². The molecule has 0 aliphatic rings. The van der Waals surface area contributed by atoms with Gasteiger partial charge in [0, 0.05) is 0 Å². The number of halogens is 3. The van der Waals surface area contributed by atoms with Gasteiger partial charge in [-0.2, -0.15) is 13.2 Å². The van der Waals surface area contributed by atoms with E-state index in [9.17, 15) is 23.1 Å². The molecule has 7 heteroatoms. The summed E-state index contributed by atoms with van der Waals surface area (Å²) in [6, 6.07) is 8.64. The summed E-state index contributed by atoms with van der Waals surface area (Å²) < 4.78 is 40.4. The Kier molecular flexibility index (Phi) is 5.74. The van der Waals surface area contributed by atoms with Gasteiger partial charge in [-0.1, -0.05) is 30.3 Å². The zero-order chi connectivity index (χ0) is 16.1. The normalized spacial score (nSPS) is 16.1. The van der Waals surface area contributed by atoms with Gasteiger partial charge < -0.3 is 15.2 Å². The highest BCUT2D eigenvalue weighted by molar-refractivity contribution is 5.80. The lowest BCUT2D eigenvalue weighted by molar-refractivity contribution is -0.185. The Balaban J connectivity index is 2.49. The number of carbonyl (C=O) groups excluding carboxylic acids is 1. The number of aliphatic hydroxyl groups is 1. The lowest BCUT2D eigenvalue weighted by Crippen LogP contribution is -2.43. The lowest BCUT2D eigenvalue weighted by atomic mass is 9.96. The van der Waals surface area contributed by atoms with Gasteiger partial charge in [-0.15, -0.1) is 0 Å². The van der Waals surface area contributed by atoms with E-state index in [1.807, 2.05) is 0 Å². The van der Waals surface area contributed by atoms with Gasteiger partial charge in [0.25, 0.3) is 0 Å². The van der Waals surface area contributed by atoms with E-state index in [-0.39, 0.29) is 6.54 Å². The summed E-state index contributed by atoms with van der Waals surface area (Å²) in [5.41, 5.74) is -0.727. The van der Waals surface area contributed by atoms with Gasteiger partial charge in [-0.3, -0.25) is 4.79 Å². The molecule has 2 atom stereocenters. The van der Waals surface area contributed by atoms with Crippen molar-refractivity contribution in [2.24, 2.45) is 0 Å². The van der Waals surface area contributed by atoms with Crippen LogP contribution >= 0.6 is 0 Å². The quantitative estimate of drug-likeness (QED) is 0.845. The Morgan fingerprint density at radius 3 is 2.43 bits per heavy atom. The van der Waals surface area contributed by atoms with Gasteiger partial charge in [0.05, 0.1) is 6.54 Å². The van der Waals surface area contributed by atoms with Crippen LogP contribution in [0.4, 0.5) is 13.2 Å². The van der Waals surface area contributed by atoms with Crippen molar-refractivity contribution in [1.82, 2.24) is 5.32 Å². The Morgan fingerprint density at radius 2 is 1.90 bits per heavy atom. The molecule has 0 radical (unpaired) electrons. The minimum absolute atomic E-state index is 0.129. The second kappa shape index (κ2) is 6.91. The van der Waals surface area contributed by atoms with Gasteiger partial charge in [0.1, 0.15) is 18.3 Å². The number of hydrogen-bond donors (Lipinski definition) is 2. The summed E-state index contributed by atoms with van der Waals surface area (Å²) in [4.78, 5) is 11.6. The van der Waals surface area contributed by atoms with Crippen LogP contribution in [-0.2, 0) is 15.1 Å². The molecule has 0 aromatic heterocycles. The van der Waals surface area contributed by atoms with Crippen molar-refractivity contribution in [2.45, 2.75) is 31.7 Å². The van der Waals surface area contributed by atoms with Crippen molar-refractivity contribution in [3.05, 3.63) is 35.9 Å². The summed E-state index contributed by atoms with van der Waals surface area (Å²) >= 11 is 0. The maximum absolute atomic E-state index is 12.0. The number of benzene rings is 1. The molecule has 4 nitrogen and oxygen atoms in total. The average molecular weight is 305 g/mol. The molecule has 1 aromatic rings. The Hall–Kier alpha value is -1.60. The van der Waals surface area contributed by atoms with E-state index in [1.165, 1.54) is 13.8 Å². The maximum atomic E-state index is 12.0. The predicted molar refractivity (Wildman–Crippen MR) is 70.5 cm³/mol. The summed E-state index contributed by atoms with van der Waals surface area (Å²) in [6.07, 6.45) is -5.73. The molecule has 118 valence electrons. The summed E-state index contributed by atoms with van der Waals surface area (Å²) in [6.45, 7) is 1.11. The topological polar surface area (TPSA) is 58.6 Å². The first kappa shape index (κ1) is 17.5. The maximum Gasteiger partial charge on any atom is 0.411 e. The summed E-state index contributed by atoms with van der Waals surface area (Å²) in [7, 11) is 0. The molecule has 2 unspecified atom stereocenters. The van der Waals surface area contributed by atoms with Gasteiger partial charge in [0.15, 0.2) is 0 Å². The molecule has 0 spiro atoms. The molecule has 0 saturated carbocycles. The average Bonchev–Trinajstić information content (AvgIpc) is 2.42. The molecular weight excluding hydrogens is 287 g/mol. The van der Waals surface area contributed by atoms with Gasteiger partial charge in [-0.05, 0) is 19.4 Å². The second-order valence-corrected chi connectivity index (χ2v) is 4.93. The molecule has 0 aliphatic carbocycles. The molecule has 2 N–H and O–H groups in total. The Morgan fingerprint density at radius 1 is 1.33 bits per heavy atom. The number of nitrogens with one attached hydrogen (secondary N) is 1. The van der Waals surface area contributed by atoms with Crippen molar-refractivity contribution in [3.8, 4) is 0 Å². The molecule has 1 amide bonds.